The van der Waals surface area contributed by atoms with Crippen molar-refractivity contribution in [2.24, 2.45) is 0 Å². The van der Waals surface area contributed by atoms with Crippen LogP contribution < -0.4 is 4.72 Å². The maximum atomic E-state index is 13.9. The van der Waals surface area contributed by atoms with E-state index in [0.717, 1.165) is 22.3 Å². The Balaban J connectivity index is 1.91. The number of pyridine rings is 1. The molecule has 6 heteroatoms. The highest BCUT2D eigenvalue weighted by molar-refractivity contribution is 7.83. The molecular weight excluding hydrogens is 325 g/mol. The highest BCUT2D eigenvalue weighted by Crippen LogP contribution is 2.25. The predicted molar refractivity (Wildman–Crippen MR) is 95.5 cm³/mol. The van der Waals surface area contributed by atoms with Crippen LogP contribution in [0, 0.1) is 5.82 Å². The second-order valence-corrected chi connectivity index (χ2v) is 7.23. The minimum absolute atomic E-state index is 0.127. The molecule has 0 saturated heterocycles. The maximum absolute atomic E-state index is 13.9. The lowest BCUT2D eigenvalue weighted by atomic mass is 10.1. The molecule has 0 saturated carbocycles. The normalized spacial score (nSPS) is 12.9. The lowest BCUT2D eigenvalue weighted by Crippen LogP contribution is -2.25. The number of aryl methyl sites for hydroxylation is 1. The zero-order valence-corrected chi connectivity index (χ0v) is 14.7. The van der Waals surface area contributed by atoms with Crippen molar-refractivity contribution in [3.8, 4) is 11.4 Å². The molecule has 2 aromatic heterocycles. The van der Waals surface area contributed by atoms with Gasteiger partial charge >= 0.3 is 0 Å². The van der Waals surface area contributed by atoms with Gasteiger partial charge in [-0.2, -0.15) is 0 Å². The number of nitrogens with zero attached hydrogens (tertiary/aromatic N) is 1. The summed E-state index contributed by atoms with van der Waals surface area (Å²) in [5.74, 6) is -0.186. The van der Waals surface area contributed by atoms with Gasteiger partial charge in [0.25, 0.3) is 0 Å². The van der Waals surface area contributed by atoms with E-state index >= 15 is 0 Å². The average molecular weight is 345 g/mol. The first-order valence-electron chi connectivity index (χ1n) is 7.93. The van der Waals surface area contributed by atoms with Gasteiger partial charge in [-0.3, -0.25) is 4.98 Å². The van der Waals surface area contributed by atoms with Gasteiger partial charge in [-0.15, -0.1) is 0 Å². The Kier molecular flexibility index (Phi) is 4.78. The average Bonchev–Trinajstić information content (AvgIpc) is 2.96. The summed E-state index contributed by atoms with van der Waals surface area (Å²) >= 11 is 0. The summed E-state index contributed by atoms with van der Waals surface area (Å²) in [4.78, 5) is 8.28. The van der Waals surface area contributed by atoms with Crippen LogP contribution in [0.2, 0.25) is 0 Å². The van der Waals surface area contributed by atoms with Gasteiger partial charge < -0.3 is 4.98 Å². The molecule has 0 aliphatic carbocycles. The van der Waals surface area contributed by atoms with Crippen molar-refractivity contribution in [1.82, 2.24) is 14.7 Å². The van der Waals surface area contributed by atoms with Crippen LogP contribution in [0.5, 0.6) is 0 Å². The standard InChI is InChI=1S/C18H20FN3OS/c1-4-12-8-17-13(7-15(12)19)9-18(21-17)16-6-5-14(10-20-16)24(23)22-11(2)3/h5-11,21-22H,4H2,1-3H3. The minimum atomic E-state index is -1.27. The number of rotatable bonds is 5. The fourth-order valence-corrected chi connectivity index (χ4v) is 3.44. The number of hydrogen-bond donors (Lipinski definition) is 2. The number of nitrogens with one attached hydrogen (secondary N) is 2. The Morgan fingerprint density at radius 3 is 2.71 bits per heavy atom. The van der Waals surface area contributed by atoms with Gasteiger partial charge in [-0.25, -0.2) is 13.3 Å². The zero-order chi connectivity index (χ0) is 17.3. The molecule has 4 nitrogen and oxygen atoms in total. The van der Waals surface area contributed by atoms with Crippen LogP contribution in [-0.2, 0) is 17.4 Å². The third-order valence-electron chi connectivity index (χ3n) is 3.74. The van der Waals surface area contributed by atoms with E-state index in [1.807, 2.05) is 39.0 Å². The van der Waals surface area contributed by atoms with Gasteiger partial charge in [0.05, 0.1) is 16.3 Å². The molecule has 3 rings (SSSR count). The molecule has 0 aliphatic rings. The van der Waals surface area contributed by atoms with Crippen molar-refractivity contribution in [3.63, 3.8) is 0 Å². The number of H-pyrrole nitrogens is 1. The quantitative estimate of drug-likeness (QED) is 0.735. The first-order chi connectivity index (χ1) is 11.5. The summed E-state index contributed by atoms with van der Waals surface area (Å²) in [6.07, 6.45) is 2.25. The lowest BCUT2D eigenvalue weighted by molar-refractivity contribution is 0.614. The Hall–Kier alpha value is -2.05. The summed E-state index contributed by atoms with van der Waals surface area (Å²) in [6.45, 7) is 5.81. The number of hydrogen-bond acceptors (Lipinski definition) is 2. The first kappa shape index (κ1) is 16.8. The summed E-state index contributed by atoms with van der Waals surface area (Å²) in [5.41, 5.74) is 3.12. The van der Waals surface area contributed by atoms with Crippen molar-refractivity contribution in [1.29, 1.82) is 0 Å². The van der Waals surface area contributed by atoms with E-state index in [1.165, 1.54) is 0 Å². The van der Waals surface area contributed by atoms with Crippen molar-refractivity contribution in [2.45, 2.75) is 38.1 Å². The van der Waals surface area contributed by atoms with E-state index < -0.39 is 11.0 Å². The Labute approximate surface area is 143 Å². The number of aromatic amines is 1. The predicted octanol–water partition coefficient (Wildman–Crippen LogP) is 3.95. The lowest BCUT2D eigenvalue weighted by Gasteiger charge is -2.07. The maximum Gasteiger partial charge on any atom is 0.127 e. The molecule has 0 spiro atoms. The van der Waals surface area contributed by atoms with Crippen LogP contribution in [0.3, 0.4) is 0 Å². The van der Waals surface area contributed by atoms with Crippen molar-refractivity contribution < 1.29 is 8.60 Å². The van der Waals surface area contributed by atoms with Crippen LogP contribution in [0.15, 0.2) is 41.4 Å². The van der Waals surface area contributed by atoms with E-state index in [2.05, 4.69) is 14.7 Å². The molecular formula is C18H20FN3OS. The fourth-order valence-electron chi connectivity index (χ4n) is 2.54. The first-order valence-corrected chi connectivity index (χ1v) is 9.08. The van der Waals surface area contributed by atoms with Crippen LogP contribution in [-0.4, -0.2) is 20.2 Å². The van der Waals surface area contributed by atoms with Crippen molar-refractivity contribution >= 4 is 21.9 Å². The van der Waals surface area contributed by atoms with Crippen LogP contribution >= 0.6 is 0 Å². The molecule has 0 bridgehead atoms. The van der Waals surface area contributed by atoms with E-state index in [9.17, 15) is 8.60 Å². The Bertz CT molecular complexity index is 887. The second-order valence-electron chi connectivity index (χ2n) is 5.99. The van der Waals surface area contributed by atoms with Gasteiger partial charge in [-0.1, -0.05) is 6.92 Å². The third-order valence-corrected chi connectivity index (χ3v) is 5.09. The van der Waals surface area contributed by atoms with Gasteiger partial charge in [0.1, 0.15) is 16.8 Å². The second kappa shape index (κ2) is 6.83. The monoisotopic (exact) mass is 345 g/mol. The number of fused-ring (bicyclic) bond motifs is 1. The molecule has 0 aliphatic heterocycles. The molecule has 1 atom stereocenters. The summed E-state index contributed by atoms with van der Waals surface area (Å²) < 4.78 is 28.9. The van der Waals surface area contributed by atoms with Crippen LogP contribution in [0.25, 0.3) is 22.3 Å². The molecule has 0 radical (unpaired) electrons. The van der Waals surface area contributed by atoms with Crippen LogP contribution in [0.1, 0.15) is 26.3 Å². The van der Waals surface area contributed by atoms with E-state index in [1.54, 1.807) is 18.3 Å². The number of aromatic nitrogens is 2. The minimum Gasteiger partial charge on any atom is -0.353 e. The fraction of sp³-hybridized carbons (Fsp3) is 0.278. The zero-order valence-electron chi connectivity index (χ0n) is 13.9. The largest absolute Gasteiger partial charge is 0.353 e. The SMILES string of the molecule is CCc1cc2[nH]c(-c3ccc(S(=O)NC(C)C)cn3)cc2cc1F. The van der Waals surface area contributed by atoms with Gasteiger partial charge in [0, 0.05) is 23.1 Å². The number of halogens is 1. The molecule has 2 heterocycles. The third kappa shape index (κ3) is 3.39. The van der Waals surface area contributed by atoms with Crippen molar-refractivity contribution in [3.05, 3.63) is 47.9 Å². The highest BCUT2D eigenvalue weighted by Gasteiger charge is 2.10. The van der Waals surface area contributed by atoms with Gasteiger partial charge in [0.15, 0.2) is 0 Å². The molecule has 0 fully saturated rings. The smallest absolute Gasteiger partial charge is 0.127 e. The van der Waals surface area contributed by atoms with E-state index in [0.29, 0.717) is 16.9 Å². The highest BCUT2D eigenvalue weighted by atomic mass is 32.2. The molecule has 3 aromatic rings. The Morgan fingerprint density at radius 2 is 2.08 bits per heavy atom. The van der Waals surface area contributed by atoms with Crippen molar-refractivity contribution in [2.75, 3.05) is 0 Å². The van der Waals surface area contributed by atoms with E-state index in [-0.39, 0.29) is 11.9 Å². The topological polar surface area (TPSA) is 57.8 Å². The van der Waals surface area contributed by atoms with E-state index in [4.69, 9.17) is 0 Å². The summed E-state index contributed by atoms with van der Waals surface area (Å²) in [6, 6.07) is 8.99. The van der Waals surface area contributed by atoms with Gasteiger partial charge in [0.2, 0.25) is 0 Å². The molecule has 1 unspecified atom stereocenters. The Morgan fingerprint density at radius 1 is 1.29 bits per heavy atom. The summed E-state index contributed by atoms with van der Waals surface area (Å²) in [5, 5.41) is 0.815. The van der Waals surface area contributed by atoms with Crippen LogP contribution in [0.4, 0.5) is 4.39 Å². The van der Waals surface area contributed by atoms with Gasteiger partial charge in [-0.05, 0) is 56.2 Å². The number of benzene rings is 1. The molecule has 24 heavy (non-hydrogen) atoms. The summed E-state index contributed by atoms with van der Waals surface area (Å²) in [7, 11) is -1.27. The molecule has 2 N–H and O–H groups in total. The molecule has 126 valence electrons. The molecule has 1 aromatic carbocycles. The molecule has 0 amide bonds.